The normalized spacial score (nSPS) is 9.93. The summed E-state index contributed by atoms with van der Waals surface area (Å²) in [5.74, 6) is 0.828. The summed E-state index contributed by atoms with van der Waals surface area (Å²) >= 11 is 0. The molecule has 0 aliphatic heterocycles. The topological polar surface area (TPSA) is 47.3 Å². The van der Waals surface area contributed by atoms with Gasteiger partial charge in [-0.15, -0.1) is 0 Å². The fraction of sp³-hybridized carbons (Fsp3) is 0.182. The lowest BCUT2D eigenvalue weighted by Crippen LogP contribution is -2.00. The molecular weight excluding hydrogens is 192 g/mol. The summed E-state index contributed by atoms with van der Waals surface area (Å²) in [6.45, 7) is 0.671. The number of benzene rings is 1. The zero-order valence-electron chi connectivity index (χ0n) is 8.43. The van der Waals surface area contributed by atoms with Gasteiger partial charge in [0.15, 0.2) is 0 Å². The van der Waals surface area contributed by atoms with Crippen LogP contribution in [0.25, 0.3) is 0 Å². The fourth-order valence-electron chi connectivity index (χ4n) is 1.30. The van der Waals surface area contributed by atoms with Crippen LogP contribution >= 0.6 is 0 Å². The Hall–Kier alpha value is -1.97. The van der Waals surface area contributed by atoms with E-state index >= 15 is 0 Å². The molecule has 0 bridgehead atoms. The van der Waals surface area contributed by atoms with Crippen LogP contribution in [-0.4, -0.2) is 12.3 Å². The van der Waals surface area contributed by atoms with Crippen molar-refractivity contribution in [2.24, 2.45) is 0 Å². The number of para-hydroxylation sites is 2. The van der Waals surface area contributed by atoms with Gasteiger partial charge in [-0.05, 0) is 12.1 Å². The van der Waals surface area contributed by atoms with E-state index in [0.29, 0.717) is 6.54 Å². The highest BCUT2D eigenvalue weighted by Gasteiger charge is 2.01. The molecule has 0 amide bonds. The Morgan fingerprint density at radius 3 is 3.00 bits per heavy atom. The molecule has 78 valence electrons. The van der Waals surface area contributed by atoms with Crippen molar-refractivity contribution >= 4 is 5.69 Å². The van der Waals surface area contributed by atoms with Gasteiger partial charge in [0.25, 0.3) is 0 Å². The van der Waals surface area contributed by atoms with Crippen LogP contribution in [0.2, 0.25) is 0 Å². The molecule has 1 aromatic heterocycles. The van der Waals surface area contributed by atoms with E-state index in [2.05, 4.69) is 10.5 Å². The Morgan fingerprint density at radius 1 is 1.40 bits per heavy atom. The molecule has 2 aromatic rings. The van der Waals surface area contributed by atoms with E-state index in [-0.39, 0.29) is 0 Å². The van der Waals surface area contributed by atoms with Gasteiger partial charge in [0.05, 0.1) is 19.0 Å². The van der Waals surface area contributed by atoms with Gasteiger partial charge in [-0.25, -0.2) is 0 Å². The van der Waals surface area contributed by atoms with Crippen molar-refractivity contribution in [3.05, 3.63) is 42.3 Å². The monoisotopic (exact) mass is 204 g/mol. The van der Waals surface area contributed by atoms with Crippen LogP contribution in [0, 0.1) is 0 Å². The first kappa shape index (κ1) is 9.58. The fourth-order valence-corrected chi connectivity index (χ4v) is 1.30. The maximum absolute atomic E-state index is 5.21. The SMILES string of the molecule is COc1ccccc1NCc1cnoc1. The van der Waals surface area contributed by atoms with E-state index in [1.165, 1.54) is 0 Å². The van der Waals surface area contributed by atoms with E-state index < -0.39 is 0 Å². The van der Waals surface area contributed by atoms with Crippen molar-refractivity contribution in [3.8, 4) is 5.75 Å². The largest absolute Gasteiger partial charge is 0.495 e. The standard InChI is InChI=1S/C11H12N2O2/c1-14-11-5-3-2-4-10(11)12-6-9-7-13-15-8-9/h2-5,7-8,12H,6H2,1H3. The second kappa shape index (κ2) is 4.50. The molecule has 1 heterocycles. The van der Waals surface area contributed by atoms with Gasteiger partial charge in [0.2, 0.25) is 0 Å². The van der Waals surface area contributed by atoms with Crippen molar-refractivity contribution in [3.63, 3.8) is 0 Å². The van der Waals surface area contributed by atoms with Gasteiger partial charge < -0.3 is 14.6 Å². The third kappa shape index (κ3) is 2.28. The van der Waals surface area contributed by atoms with Crippen LogP contribution in [0.5, 0.6) is 5.75 Å². The molecule has 15 heavy (non-hydrogen) atoms. The Kier molecular flexibility index (Phi) is 2.88. The number of methoxy groups -OCH3 is 1. The van der Waals surface area contributed by atoms with Gasteiger partial charge in [-0.1, -0.05) is 17.3 Å². The highest BCUT2D eigenvalue weighted by Crippen LogP contribution is 2.23. The predicted octanol–water partition coefficient (Wildman–Crippen LogP) is 2.30. The summed E-state index contributed by atoms with van der Waals surface area (Å²) in [6, 6.07) is 7.77. The number of hydrogen-bond acceptors (Lipinski definition) is 4. The van der Waals surface area contributed by atoms with Crippen LogP contribution in [0.4, 0.5) is 5.69 Å². The van der Waals surface area contributed by atoms with E-state index in [1.807, 2.05) is 24.3 Å². The van der Waals surface area contributed by atoms with Gasteiger partial charge in [-0.2, -0.15) is 0 Å². The highest BCUT2D eigenvalue weighted by atomic mass is 16.5. The Labute approximate surface area is 87.8 Å². The number of nitrogens with zero attached hydrogens (tertiary/aromatic N) is 1. The van der Waals surface area contributed by atoms with E-state index in [1.54, 1.807) is 19.6 Å². The van der Waals surface area contributed by atoms with Crippen molar-refractivity contribution in [2.75, 3.05) is 12.4 Å². The molecule has 0 unspecified atom stereocenters. The molecule has 1 aromatic carbocycles. The van der Waals surface area contributed by atoms with E-state index in [4.69, 9.17) is 9.26 Å². The molecule has 2 rings (SSSR count). The molecule has 0 radical (unpaired) electrons. The molecule has 0 fully saturated rings. The minimum absolute atomic E-state index is 0.671. The lowest BCUT2D eigenvalue weighted by Gasteiger charge is -2.09. The number of hydrogen-bond donors (Lipinski definition) is 1. The first-order valence-corrected chi connectivity index (χ1v) is 4.65. The van der Waals surface area contributed by atoms with Crippen molar-refractivity contribution in [2.45, 2.75) is 6.54 Å². The summed E-state index contributed by atoms with van der Waals surface area (Å²) in [5.41, 5.74) is 1.96. The zero-order valence-corrected chi connectivity index (χ0v) is 8.43. The second-order valence-electron chi connectivity index (χ2n) is 3.09. The zero-order chi connectivity index (χ0) is 10.5. The first-order valence-electron chi connectivity index (χ1n) is 4.65. The minimum atomic E-state index is 0.671. The first-order chi connectivity index (χ1) is 7.40. The average Bonchev–Trinajstić information content (AvgIpc) is 2.79. The van der Waals surface area contributed by atoms with Crippen LogP contribution in [-0.2, 0) is 6.54 Å². The summed E-state index contributed by atoms with van der Waals surface area (Å²) in [6.07, 6.45) is 3.30. The number of nitrogens with one attached hydrogen (secondary N) is 1. The maximum atomic E-state index is 5.21. The lowest BCUT2D eigenvalue weighted by molar-refractivity contribution is 0.416. The Morgan fingerprint density at radius 2 is 2.27 bits per heavy atom. The van der Waals surface area contributed by atoms with Gasteiger partial charge in [0, 0.05) is 12.1 Å². The Balaban J connectivity index is 2.04. The molecule has 0 saturated carbocycles. The van der Waals surface area contributed by atoms with Crippen molar-refractivity contribution in [1.82, 2.24) is 5.16 Å². The molecule has 0 saturated heterocycles. The summed E-state index contributed by atoms with van der Waals surface area (Å²) < 4.78 is 9.95. The average molecular weight is 204 g/mol. The molecule has 1 N–H and O–H groups in total. The number of ether oxygens (including phenoxy) is 1. The highest BCUT2D eigenvalue weighted by molar-refractivity contribution is 5.56. The summed E-state index contributed by atoms with van der Waals surface area (Å²) in [5, 5.41) is 6.87. The van der Waals surface area contributed by atoms with E-state index in [0.717, 1.165) is 17.0 Å². The van der Waals surface area contributed by atoms with Crippen LogP contribution in [0.1, 0.15) is 5.56 Å². The lowest BCUT2D eigenvalue weighted by atomic mass is 10.2. The van der Waals surface area contributed by atoms with Gasteiger partial charge >= 0.3 is 0 Å². The smallest absolute Gasteiger partial charge is 0.141 e. The minimum Gasteiger partial charge on any atom is -0.495 e. The molecule has 0 spiro atoms. The second-order valence-corrected chi connectivity index (χ2v) is 3.09. The third-order valence-corrected chi connectivity index (χ3v) is 2.07. The molecule has 0 aliphatic rings. The number of aromatic nitrogens is 1. The van der Waals surface area contributed by atoms with Gasteiger partial charge in [0.1, 0.15) is 12.0 Å². The van der Waals surface area contributed by atoms with E-state index in [9.17, 15) is 0 Å². The molecule has 4 heteroatoms. The van der Waals surface area contributed by atoms with Crippen molar-refractivity contribution in [1.29, 1.82) is 0 Å². The van der Waals surface area contributed by atoms with Gasteiger partial charge in [-0.3, -0.25) is 0 Å². The summed E-state index contributed by atoms with van der Waals surface area (Å²) in [7, 11) is 1.65. The maximum Gasteiger partial charge on any atom is 0.141 e. The van der Waals surface area contributed by atoms with Crippen LogP contribution in [0.3, 0.4) is 0 Å². The Bertz CT molecular complexity index is 412. The molecule has 4 nitrogen and oxygen atoms in total. The summed E-state index contributed by atoms with van der Waals surface area (Å²) in [4.78, 5) is 0. The van der Waals surface area contributed by atoms with Crippen molar-refractivity contribution < 1.29 is 9.26 Å². The number of anilines is 1. The third-order valence-electron chi connectivity index (χ3n) is 2.07. The molecular formula is C11H12N2O2. The van der Waals surface area contributed by atoms with Crippen LogP contribution in [0.15, 0.2) is 41.2 Å². The predicted molar refractivity (Wildman–Crippen MR) is 56.8 cm³/mol. The number of rotatable bonds is 4. The van der Waals surface area contributed by atoms with Crippen LogP contribution < -0.4 is 10.1 Å². The molecule has 0 aliphatic carbocycles. The molecule has 0 atom stereocenters. The quantitative estimate of drug-likeness (QED) is 0.830.